The molecule has 0 N–H and O–H groups in total. The quantitative estimate of drug-likeness (QED) is 0.450. The summed E-state index contributed by atoms with van der Waals surface area (Å²) in [7, 11) is 1.68. The first-order chi connectivity index (χ1) is 12.2. The summed E-state index contributed by atoms with van der Waals surface area (Å²) in [5.74, 6) is 1.38. The Hall–Kier alpha value is -2.25. The smallest absolute Gasteiger partial charge is 0.164 e. The van der Waals surface area contributed by atoms with Crippen molar-refractivity contribution in [3.63, 3.8) is 0 Å². The number of nitrogens with zero attached hydrogens (tertiary/aromatic N) is 3. The van der Waals surface area contributed by atoms with Crippen molar-refractivity contribution in [2.24, 2.45) is 0 Å². The van der Waals surface area contributed by atoms with E-state index in [9.17, 15) is 5.21 Å². The van der Waals surface area contributed by atoms with E-state index < -0.39 is 0 Å². The zero-order valence-electron chi connectivity index (χ0n) is 14.3. The van der Waals surface area contributed by atoms with Crippen LogP contribution in [0.4, 0.5) is 0 Å². The SMILES string of the molecule is COCCCOc1ccnc(CSc2nc3ccccc3n2[O-])c1C. The molecule has 7 heteroatoms. The van der Waals surface area contributed by atoms with Gasteiger partial charge in [-0.05, 0) is 25.1 Å². The standard InChI is InChI=1S/C18H20N3O3S/c1-13-15(19-9-8-17(13)24-11-5-10-23-2)12-25-18-20-14-6-3-4-7-16(14)21(18)22/h3-4,6-9H,5,10-12H2,1-2H3/q-1. The number of methoxy groups -OCH3 is 1. The normalized spacial score (nSPS) is 11.1. The third-order valence-electron chi connectivity index (χ3n) is 3.84. The molecule has 1 aromatic carbocycles. The number of hydrogen-bond acceptors (Lipinski definition) is 6. The number of aromatic nitrogens is 3. The van der Waals surface area contributed by atoms with Crippen molar-refractivity contribution in [1.82, 2.24) is 14.7 Å². The topological polar surface area (TPSA) is 72.2 Å². The largest absolute Gasteiger partial charge is 0.804 e. The second-order valence-electron chi connectivity index (χ2n) is 5.54. The third kappa shape index (κ3) is 4.05. The van der Waals surface area contributed by atoms with Gasteiger partial charge in [0.05, 0.1) is 23.3 Å². The van der Waals surface area contributed by atoms with Crippen molar-refractivity contribution >= 4 is 22.8 Å². The molecule has 0 fully saturated rings. The first-order valence-electron chi connectivity index (χ1n) is 8.04. The van der Waals surface area contributed by atoms with Crippen LogP contribution in [0.1, 0.15) is 17.7 Å². The molecule has 0 unspecified atom stereocenters. The molecule has 0 aliphatic heterocycles. The molecule has 132 valence electrons. The van der Waals surface area contributed by atoms with E-state index in [-0.39, 0.29) is 0 Å². The van der Waals surface area contributed by atoms with E-state index >= 15 is 0 Å². The van der Waals surface area contributed by atoms with Gasteiger partial charge >= 0.3 is 0 Å². The van der Waals surface area contributed by atoms with Gasteiger partial charge in [0, 0.05) is 37.7 Å². The average molecular weight is 358 g/mol. The van der Waals surface area contributed by atoms with Crippen LogP contribution >= 0.6 is 11.8 Å². The molecular weight excluding hydrogens is 338 g/mol. The summed E-state index contributed by atoms with van der Waals surface area (Å²) in [4.78, 5) is 8.81. The molecule has 2 aromatic heterocycles. The number of ether oxygens (including phenoxy) is 2. The molecule has 0 aliphatic carbocycles. The molecule has 3 aromatic rings. The minimum absolute atomic E-state index is 0.439. The Labute approximate surface area is 150 Å². The lowest BCUT2D eigenvalue weighted by Gasteiger charge is -2.13. The van der Waals surface area contributed by atoms with Gasteiger partial charge < -0.3 is 19.4 Å². The zero-order valence-corrected chi connectivity index (χ0v) is 15.1. The van der Waals surface area contributed by atoms with E-state index in [1.54, 1.807) is 19.4 Å². The minimum Gasteiger partial charge on any atom is -0.804 e. The lowest BCUT2D eigenvalue weighted by atomic mass is 10.2. The number of imidazole rings is 1. The number of rotatable bonds is 8. The van der Waals surface area contributed by atoms with Crippen LogP contribution in [0.25, 0.3) is 11.0 Å². The Morgan fingerprint density at radius 2 is 2.04 bits per heavy atom. The maximum Gasteiger partial charge on any atom is 0.164 e. The van der Waals surface area contributed by atoms with Crippen LogP contribution in [0.3, 0.4) is 0 Å². The molecule has 3 rings (SSSR count). The first kappa shape index (κ1) is 17.6. The Kier molecular flexibility index (Phi) is 5.78. The van der Waals surface area contributed by atoms with Crippen molar-refractivity contribution < 1.29 is 9.47 Å². The van der Waals surface area contributed by atoms with Gasteiger partial charge in [-0.3, -0.25) is 4.98 Å². The molecule has 0 atom stereocenters. The van der Waals surface area contributed by atoms with Crippen molar-refractivity contribution in [1.29, 1.82) is 0 Å². The van der Waals surface area contributed by atoms with E-state index in [0.717, 1.165) is 28.2 Å². The number of thioether (sulfide) groups is 1. The van der Waals surface area contributed by atoms with Gasteiger partial charge in [-0.15, -0.1) is 0 Å². The van der Waals surface area contributed by atoms with E-state index in [4.69, 9.17) is 9.47 Å². The Morgan fingerprint density at radius 1 is 1.20 bits per heavy atom. The first-order valence-corrected chi connectivity index (χ1v) is 9.03. The highest BCUT2D eigenvalue weighted by atomic mass is 32.2. The number of pyridine rings is 1. The maximum absolute atomic E-state index is 12.3. The van der Waals surface area contributed by atoms with E-state index in [1.165, 1.54) is 11.8 Å². The van der Waals surface area contributed by atoms with Crippen molar-refractivity contribution in [3.8, 4) is 5.75 Å². The summed E-state index contributed by atoms with van der Waals surface area (Å²) in [6, 6.07) is 9.19. The summed E-state index contributed by atoms with van der Waals surface area (Å²) >= 11 is 1.38. The minimum atomic E-state index is 0.439. The predicted octanol–water partition coefficient (Wildman–Crippen LogP) is 3.79. The molecule has 25 heavy (non-hydrogen) atoms. The van der Waals surface area contributed by atoms with Gasteiger partial charge in [0.15, 0.2) is 5.16 Å². The zero-order chi connectivity index (χ0) is 17.6. The Balaban J connectivity index is 1.69. The number of fused-ring (bicyclic) bond motifs is 1. The fourth-order valence-electron chi connectivity index (χ4n) is 2.45. The fraction of sp³-hybridized carbons (Fsp3) is 0.333. The lowest BCUT2D eigenvalue weighted by Crippen LogP contribution is -2.04. The van der Waals surface area contributed by atoms with Gasteiger partial charge in [-0.25, -0.2) is 4.98 Å². The molecule has 0 spiro atoms. The third-order valence-corrected chi connectivity index (χ3v) is 4.77. The number of hydrogen-bond donors (Lipinski definition) is 0. The predicted molar refractivity (Wildman–Crippen MR) is 99.0 cm³/mol. The van der Waals surface area contributed by atoms with Crippen molar-refractivity contribution in [2.45, 2.75) is 24.3 Å². The molecule has 0 saturated carbocycles. The molecule has 6 nitrogen and oxygen atoms in total. The molecular formula is C18H20N3O3S-. The Bertz CT molecular complexity index is 851. The van der Waals surface area contributed by atoms with Gasteiger partial charge in [-0.1, -0.05) is 23.9 Å². The fourth-order valence-corrected chi connectivity index (χ4v) is 3.39. The molecule has 0 saturated heterocycles. The number of para-hydroxylation sites is 2. The average Bonchev–Trinajstić information content (AvgIpc) is 2.95. The van der Waals surface area contributed by atoms with Gasteiger partial charge in [0.1, 0.15) is 5.75 Å². The van der Waals surface area contributed by atoms with Crippen molar-refractivity contribution in [3.05, 3.63) is 53.0 Å². The maximum atomic E-state index is 12.3. The highest BCUT2D eigenvalue weighted by Gasteiger charge is 2.10. The van der Waals surface area contributed by atoms with Crippen LogP contribution in [-0.4, -0.2) is 35.0 Å². The summed E-state index contributed by atoms with van der Waals surface area (Å²) in [5.41, 5.74) is 3.17. The summed E-state index contributed by atoms with van der Waals surface area (Å²) in [5, 5.41) is 12.7. The van der Waals surface area contributed by atoms with Crippen molar-refractivity contribution in [2.75, 3.05) is 20.3 Å². The molecule has 2 heterocycles. The van der Waals surface area contributed by atoms with E-state index in [2.05, 4.69) is 9.97 Å². The Morgan fingerprint density at radius 3 is 2.84 bits per heavy atom. The molecule has 0 amide bonds. The van der Waals surface area contributed by atoms with Crippen LogP contribution in [0, 0.1) is 12.1 Å². The van der Waals surface area contributed by atoms with Crippen LogP contribution in [0.15, 0.2) is 41.7 Å². The van der Waals surface area contributed by atoms with E-state index in [0.29, 0.717) is 35.2 Å². The highest BCUT2D eigenvalue weighted by Crippen LogP contribution is 2.28. The van der Waals surface area contributed by atoms with Crippen LogP contribution in [0.2, 0.25) is 0 Å². The molecule has 0 bridgehead atoms. The van der Waals surface area contributed by atoms with Crippen LogP contribution in [-0.2, 0) is 10.5 Å². The monoisotopic (exact) mass is 358 g/mol. The van der Waals surface area contributed by atoms with Crippen LogP contribution < -0.4 is 4.74 Å². The second kappa shape index (κ2) is 8.22. The summed E-state index contributed by atoms with van der Waals surface area (Å²) in [6.45, 7) is 3.25. The van der Waals surface area contributed by atoms with Gasteiger partial charge in [-0.2, -0.15) is 0 Å². The van der Waals surface area contributed by atoms with Gasteiger partial charge in [0.2, 0.25) is 0 Å². The number of benzene rings is 1. The molecule has 0 radical (unpaired) electrons. The van der Waals surface area contributed by atoms with Crippen LogP contribution in [0.5, 0.6) is 5.75 Å². The second-order valence-corrected chi connectivity index (χ2v) is 6.48. The molecule has 0 aliphatic rings. The van der Waals surface area contributed by atoms with Gasteiger partial charge in [0.25, 0.3) is 0 Å². The lowest BCUT2D eigenvalue weighted by molar-refractivity contribution is 0.172. The summed E-state index contributed by atoms with van der Waals surface area (Å²) in [6.07, 6.45) is 2.57. The summed E-state index contributed by atoms with van der Waals surface area (Å²) < 4.78 is 11.7. The highest BCUT2D eigenvalue weighted by molar-refractivity contribution is 7.98. The van der Waals surface area contributed by atoms with E-state index in [1.807, 2.05) is 31.2 Å².